The second-order valence-corrected chi connectivity index (χ2v) is 2.14. The van der Waals surface area contributed by atoms with Gasteiger partial charge < -0.3 is 4.90 Å². The van der Waals surface area contributed by atoms with Gasteiger partial charge in [-0.1, -0.05) is 6.92 Å². The molecule has 2 heteroatoms. The molecule has 46 valence electrons. The first-order valence-corrected chi connectivity index (χ1v) is 3.17. The van der Waals surface area contributed by atoms with Crippen molar-refractivity contribution in [2.45, 2.75) is 19.8 Å². The molecule has 8 heavy (non-hydrogen) atoms. The molecule has 2 nitrogen and oxygen atoms in total. The Kier molecular flexibility index (Phi) is 1.51. The van der Waals surface area contributed by atoms with Gasteiger partial charge in [-0.2, -0.15) is 0 Å². The first-order chi connectivity index (χ1) is 3.84. The van der Waals surface area contributed by atoms with Crippen LogP contribution in [0.2, 0.25) is 0 Å². The molecule has 0 unspecified atom stereocenters. The van der Waals surface area contributed by atoms with Gasteiger partial charge in [0.15, 0.2) is 0 Å². The molecule has 0 radical (unpaired) electrons. The van der Waals surface area contributed by atoms with Crippen molar-refractivity contribution >= 4 is 5.84 Å². The molecule has 1 heterocycles. The topological polar surface area (TPSA) is 27.1 Å². The van der Waals surface area contributed by atoms with E-state index in [1.54, 1.807) is 0 Å². The SMILES string of the molecule is CCC(=N)N1CCC1. The van der Waals surface area contributed by atoms with Crippen LogP contribution in [-0.4, -0.2) is 23.8 Å². The van der Waals surface area contributed by atoms with Crippen LogP contribution in [-0.2, 0) is 0 Å². The molecular formula is C6H12N2. The monoisotopic (exact) mass is 112 g/mol. The Balaban J connectivity index is 2.24. The molecule has 0 saturated carbocycles. The van der Waals surface area contributed by atoms with Crippen LogP contribution in [0, 0.1) is 5.41 Å². The smallest absolute Gasteiger partial charge is 0.0954 e. The highest BCUT2D eigenvalue weighted by Gasteiger charge is 2.14. The third-order valence-electron chi connectivity index (χ3n) is 1.57. The molecule has 0 aromatic heterocycles. The average molecular weight is 112 g/mol. The van der Waals surface area contributed by atoms with Gasteiger partial charge in [0.25, 0.3) is 0 Å². The molecule has 1 fully saturated rings. The lowest BCUT2D eigenvalue weighted by molar-refractivity contribution is 0.293. The van der Waals surface area contributed by atoms with E-state index >= 15 is 0 Å². The van der Waals surface area contributed by atoms with E-state index < -0.39 is 0 Å². The lowest BCUT2D eigenvalue weighted by Gasteiger charge is -2.32. The lowest BCUT2D eigenvalue weighted by atomic mass is 10.2. The molecule has 0 aromatic carbocycles. The van der Waals surface area contributed by atoms with Gasteiger partial charge >= 0.3 is 0 Å². The number of amidine groups is 1. The highest BCUT2D eigenvalue weighted by Crippen LogP contribution is 2.06. The number of hydrogen-bond donors (Lipinski definition) is 1. The Morgan fingerprint density at radius 2 is 2.25 bits per heavy atom. The number of likely N-dealkylation sites (tertiary alicyclic amines) is 1. The molecule has 1 aliphatic rings. The van der Waals surface area contributed by atoms with Gasteiger partial charge in [0.2, 0.25) is 0 Å². The van der Waals surface area contributed by atoms with Crippen LogP contribution in [0.25, 0.3) is 0 Å². The van der Waals surface area contributed by atoms with Crippen molar-refractivity contribution in [1.82, 2.24) is 4.90 Å². The minimum Gasteiger partial charge on any atom is -0.360 e. The van der Waals surface area contributed by atoms with E-state index in [9.17, 15) is 0 Å². The fourth-order valence-electron chi connectivity index (χ4n) is 0.810. The number of hydrogen-bond acceptors (Lipinski definition) is 1. The summed E-state index contributed by atoms with van der Waals surface area (Å²) in [6.45, 7) is 4.26. The van der Waals surface area contributed by atoms with Crippen molar-refractivity contribution < 1.29 is 0 Å². The van der Waals surface area contributed by atoms with Crippen LogP contribution in [0.3, 0.4) is 0 Å². The van der Waals surface area contributed by atoms with Crippen molar-refractivity contribution in [2.24, 2.45) is 0 Å². The van der Waals surface area contributed by atoms with Gasteiger partial charge in [0.05, 0.1) is 5.84 Å². The van der Waals surface area contributed by atoms with E-state index in [-0.39, 0.29) is 0 Å². The average Bonchev–Trinajstić information content (AvgIpc) is 1.62. The van der Waals surface area contributed by atoms with Crippen LogP contribution >= 0.6 is 0 Å². The highest BCUT2D eigenvalue weighted by molar-refractivity contribution is 5.79. The molecule has 1 aliphatic heterocycles. The Hall–Kier alpha value is -0.530. The van der Waals surface area contributed by atoms with Gasteiger partial charge in [-0.25, -0.2) is 0 Å². The van der Waals surface area contributed by atoms with Crippen LogP contribution in [0.5, 0.6) is 0 Å². The summed E-state index contributed by atoms with van der Waals surface area (Å²) in [6.07, 6.45) is 2.17. The number of rotatable bonds is 1. The summed E-state index contributed by atoms with van der Waals surface area (Å²) in [5.74, 6) is 0.802. The van der Waals surface area contributed by atoms with E-state index in [1.165, 1.54) is 6.42 Å². The minimum atomic E-state index is 0.802. The largest absolute Gasteiger partial charge is 0.360 e. The van der Waals surface area contributed by atoms with E-state index in [2.05, 4.69) is 4.90 Å². The molecule has 1 N–H and O–H groups in total. The van der Waals surface area contributed by atoms with Crippen LogP contribution in [0.4, 0.5) is 0 Å². The van der Waals surface area contributed by atoms with E-state index in [0.717, 1.165) is 25.3 Å². The van der Waals surface area contributed by atoms with Gasteiger partial charge in [-0.3, -0.25) is 5.41 Å². The van der Waals surface area contributed by atoms with Crippen molar-refractivity contribution in [3.8, 4) is 0 Å². The van der Waals surface area contributed by atoms with Gasteiger partial charge in [-0.15, -0.1) is 0 Å². The summed E-state index contributed by atoms with van der Waals surface area (Å²) in [6, 6.07) is 0. The quantitative estimate of drug-likeness (QED) is 0.399. The second-order valence-electron chi connectivity index (χ2n) is 2.14. The number of nitrogens with zero attached hydrogens (tertiary/aromatic N) is 1. The third-order valence-corrected chi connectivity index (χ3v) is 1.57. The molecule has 0 aliphatic carbocycles. The van der Waals surface area contributed by atoms with E-state index in [0.29, 0.717) is 0 Å². The summed E-state index contributed by atoms with van der Waals surface area (Å²) >= 11 is 0. The van der Waals surface area contributed by atoms with Gasteiger partial charge in [-0.05, 0) is 6.42 Å². The predicted molar refractivity (Wildman–Crippen MR) is 34.2 cm³/mol. The Labute approximate surface area is 50.0 Å². The summed E-state index contributed by atoms with van der Waals surface area (Å²) in [7, 11) is 0. The van der Waals surface area contributed by atoms with Gasteiger partial charge in [0, 0.05) is 19.5 Å². The highest BCUT2D eigenvalue weighted by atomic mass is 15.2. The maximum atomic E-state index is 7.32. The molecule has 0 bridgehead atoms. The summed E-state index contributed by atoms with van der Waals surface area (Å²) in [5, 5.41) is 7.32. The molecule has 0 atom stereocenters. The predicted octanol–water partition coefficient (Wildman–Crippen LogP) is 1.08. The zero-order valence-electron chi connectivity index (χ0n) is 5.28. The Bertz CT molecular complexity index is 94.7. The standard InChI is InChI=1S/C6H12N2/c1-2-6(7)8-4-3-5-8/h7H,2-5H2,1H3. The Morgan fingerprint density at radius 1 is 1.62 bits per heavy atom. The van der Waals surface area contributed by atoms with E-state index in [1.807, 2.05) is 6.92 Å². The molecule has 1 rings (SSSR count). The zero-order chi connectivity index (χ0) is 5.98. The lowest BCUT2D eigenvalue weighted by Crippen LogP contribution is -2.41. The Morgan fingerprint density at radius 3 is 2.38 bits per heavy atom. The minimum absolute atomic E-state index is 0.802. The molecule has 0 spiro atoms. The normalized spacial score (nSPS) is 17.9. The summed E-state index contributed by atoms with van der Waals surface area (Å²) < 4.78 is 0. The zero-order valence-corrected chi connectivity index (χ0v) is 5.28. The fourth-order valence-corrected chi connectivity index (χ4v) is 0.810. The second kappa shape index (κ2) is 2.16. The first-order valence-electron chi connectivity index (χ1n) is 3.17. The van der Waals surface area contributed by atoms with Gasteiger partial charge in [0.1, 0.15) is 0 Å². The van der Waals surface area contributed by atoms with E-state index in [4.69, 9.17) is 5.41 Å². The van der Waals surface area contributed by atoms with Crippen molar-refractivity contribution in [3.05, 3.63) is 0 Å². The molecule has 0 amide bonds. The molecule has 1 saturated heterocycles. The number of nitrogens with one attached hydrogen (secondary N) is 1. The first kappa shape index (κ1) is 5.60. The van der Waals surface area contributed by atoms with Crippen molar-refractivity contribution in [2.75, 3.05) is 13.1 Å². The maximum Gasteiger partial charge on any atom is 0.0954 e. The van der Waals surface area contributed by atoms with Crippen LogP contribution in [0.1, 0.15) is 19.8 Å². The summed E-state index contributed by atoms with van der Waals surface area (Å²) in [4.78, 5) is 2.11. The van der Waals surface area contributed by atoms with Crippen LogP contribution in [0.15, 0.2) is 0 Å². The molecular weight excluding hydrogens is 100 g/mol. The molecule has 0 aromatic rings. The maximum absolute atomic E-state index is 7.32. The third kappa shape index (κ3) is 0.831. The van der Waals surface area contributed by atoms with Crippen molar-refractivity contribution in [1.29, 1.82) is 5.41 Å². The summed E-state index contributed by atoms with van der Waals surface area (Å²) in [5.41, 5.74) is 0. The van der Waals surface area contributed by atoms with Crippen LogP contribution < -0.4 is 0 Å². The fraction of sp³-hybridized carbons (Fsp3) is 0.833. The van der Waals surface area contributed by atoms with Crippen molar-refractivity contribution in [3.63, 3.8) is 0 Å².